The van der Waals surface area contributed by atoms with Crippen LogP contribution in [0, 0.1) is 13.8 Å². The summed E-state index contributed by atoms with van der Waals surface area (Å²) in [6.45, 7) is 4.13. The largest absolute Gasteiger partial charge is 0.333 e. The van der Waals surface area contributed by atoms with E-state index in [4.69, 9.17) is 4.52 Å². The molecule has 4 rings (SSSR count). The second-order valence-electron chi connectivity index (χ2n) is 6.39. The number of rotatable bonds is 5. The summed E-state index contributed by atoms with van der Waals surface area (Å²) in [6, 6.07) is 9.45. The van der Waals surface area contributed by atoms with Gasteiger partial charge in [0.2, 0.25) is 11.7 Å². The molecule has 1 amide bonds. The molecule has 1 aromatic carbocycles. The van der Waals surface area contributed by atoms with Crippen molar-refractivity contribution in [3.8, 4) is 23.0 Å². The number of pyridine rings is 1. The van der Waals surface area contributed by atoms with E-state index in [1.807, 2.05) is 38.1 Å². The molecule has 0 aliphatic carbocycles. The minimum Gasteiger partial charge on any atom is -0.333 e. The SMILES string of the molecule is Cc1cccc(NC(=O)Cn2cnc(-c3noc(-c4cccnc4)n3)c2)c1C. The highest BCUT2D eigenvalue weighted by atomic mass is 16.5. The molecule has 0 atom stereocenters. The standard InChI is InChI=1S/C20H18N6O2/c1-13-5-3-7-16(14(13)2)23-18(27)11-26-10-17(22-12-26)19-24-20(28-25-19)15-6-4-8-21-9-15/h3-10,12H,11H2,1-2H3,(H,23,27). The number of imidazole rings is 1. The number of carbonyl (C=O) groups excluding carboxylic acids is 1. The molecule has 8 nitrogen and oxygen atoms in total. The van der Waals surface area contributed by atoms with Crippen molar-refractivity contribution in [3.05, 3.63) is 66.4 Å². The van der Waals surface area contributed by atoms with Gasteiger partial charge in [0, 0.05) is 24.3 Å². The summed E-state index contributed by atoms with van der Waals surface area (Å²) in [7, 11) is 0. The van der Waals surface area contributed by atoms with Gasteiger partial charge in [-0.05, 0) is 43.2 Å². The summed E-state index contributed by atoms with van der Waals surface area (Å²) in [5.74, 6) is 0.583. The van der Waals surface area contributed by atoms with Gasteiger partial charge in [-0.1, -0.05) is 17.3 Å². The molecule has 0 saturated carbocycles. The third-order valence-corrected chi connectivity index (χ3v) is 4.40. The fourth-order valence-corrected chi connectivity index (χ4v) is 2.74. The van der Waals surface area contributed by atoms with Gasteiger partial charge in [0.25, 0.3) is 5.89 Å². The van der Waals surface area contributed by atoms with Gasteiger partial charge in [-0.3, -0.25) is 9.78 Å². The van der Waals surface area contributed by atoms with Crippen LogP contribution in [0.3, 0.4) is 0 Å². The van der Waals surface area contributed by atoms with Crippen molar-refractivity contribution in [2.75, 3.05) is 5.32 Å². The van der Waals surface area contributed by atoms with Crippen LogP contribution in [0.2, 0.25) is 0 Å². The Hall–Kier alpha value is -3.81. The van der Waals surface area contributed by atoms with Crippen LogP contribution in [0.1, 0.15) is 11.1 Å². The number of carbonyl (C=O) groups is 1. The number of benzene rings is 1. The van der Waals surface area contributed by atoms with Crippen molar-refractivity contribution < 1.29 is 9.32 Å². The molecule has 3 aromatic heterocycles. The van der Waals surface area contributed by atoms with Crippen LogP contribution in [0.4, 0.5) is 5.69 Å². The predicted molar refractivity (Wildman–Crippen MR) is 103 cm³/mol. The van der Waals surface area contributed by atoms with Crippen molar-refractivity contribution in [2.45, 2.75) is 20.4 Å². The molecule has 28 heavy (non-hydrogen) atoms. The third-order valence-electron chi connectivity index (χ3n) is 4.40. The topological polar surface area (TPSA) is 98.7 Å². The summed E-state index contributed by atoms with van der Waals surface area (Å²) >= 11 is 0. The third kappa shape index (κ3) is 3.66. The zero-order chi connectivity index (χ0) is 19.5. The molecule has 0 fully saturated rings. The summed E-state index contributed by atoms with van der Waals surface area (Å²) in [6.07, 6.45) is 6.60. The molecule has 0 unspecified atom stereocenters. The van der Waals surface area contributed by atoms with E-state index >= 15 is 0 Å². The van der Waals surface area contributed by atoms with Crippen molar-refractivity contribution in [1.29, 1.82) is 0 Å². The molecule has 0 radical (unpaired) electrons. The Morgan fingerprint density at radius 3 is 2.93 bits per heavy atom. The van der Waals surface area contributed by atoms with Gasteiger partial charge in [0.05, 0.1) is 11.9 Å². The summed E-state index contributed by atoms with van der Waals surface area (Å²) in [5, 5.41) is 6.88. The van der Waals surface area contributed by atoms with Gasteiger partial charge >= 0.3 is 0 Å². The van der Waals surface area contributed by atoms with Gasteiger partial charge in [-0.15, -0.1) is 0 Å². The average molecular weight is 374 g/mol. The van der Waals surface area contributed by atoms with E-state index in [2.05, 4.69) is 25.4 Å². The highest BCUT2D eigenvalue weighted by Crippen LogP contribution is 2.21. The first-order chi connectivity index (χ1) is 13.6. The van der Waals surface area contributed by atoms with Gasteiger partial charge in [0.15, 0.2) is 0 Å². The minimum absolute atomic E-state index is 0.133. The monoisotopic (exact) mass is 374 g/mol. The molecule has 3 heterocycles. The minimum atomic E-state index is -0.137. The Balaban J connectivity index is 1.45. The van der Waals surface area contributed by atoms with Crippen LogP contribution in [-0.2, 0) is 11.3 Å². The number of nitrogens with zero attached hydrogens (tertiary/aromatic N) is 5. The van der Waals surface area contributed by atoms with Crippen molar-refractivity contribution in [1.82, 2.24) is 24.7 Å². The summed E-state index contributed by atoms with van der Waals surface area (Å²) in [4.78, 5) is 25.0. The van der Waals surface area contributed by atoms with Crippen LogP contribution in [-0.4, -0.2) is 30.6 Å². The Kier molecular flexibility index (Phi) is 4.67. The maximum atomic E-state index is 12.4. The highest BCUT2D eigenvalue weighted by molar-refractivity contribution is 5.91. The van der Waals surface area contributed by atoms with Crippen molar-refractivity contribution >= 4 is 11.6 Å². The maximum Gasteiger partial charge on any atom is 0.259 e. The molecule has 4 aromatic rings. The Morgan fingerprint density at radius 2 is 2.11 bits per heavy atom. The zero-order valence-electron chi connectivity index (χ0n) is 15.5. The van der Waals surface area contributed by atoms with Gasteiger partial charge in [0.1, 0.15) is 12.2 Å². The molecule has 0 saturated heterocycles. The van der Waals surface area contributed by atoms with Crippen LogP contribution in [0.15, 0.2) is 59.8 Å². The quantitative estimate of drug-likeness (QED) is 0.576. The predicted octanol–water partition coefficient (Wildman–Crippen LogP) is 3.25. The lowest BCUT2D eigenvalue weighted by molar-refractivity contribution is -0.116. The van der Waals surface area contributed by atoms with Crippen LogP contribution >= 0.6 is 0 Å². The number of hydrogen-bond donors (Lipinski definition) is 1. The number of nitrogens with one attached hydrogen (secondary N) is 1. The number of aryl methyl sites for hydroxylation is 1. The Labute approximate surface area is 161 Å². The van der Waals surface area contributed by atoms with Gasteiger partial charge in [-0.2, -0.15) is 4.98 Å². The Bertz CT molecular complexity index is 1120. The maximum absolute atomic E-state index is 12.4. The average Bonchev–Trinajstić information content (AvgIpc) is 3.36. The number of hydrogen-bond acceptors (Lipinski definition) is 6. The molecular weight excluding hydrogens is 356 g/mol. The van der Waals surface area contributed by atoms with Crippen LogP contribution in [0.25, 0.3) is 23.0 Å². The fraction of sp³-hybridized carbons (Fsp3) is 0.150. The fourth-order valence-electron chi connectivity index (χ4n) is 2.74. The van der Waals surface area contributed by atoms with Crippen LogP contribution in [0.5, 0.6) is 0 Å². The summed E-state index contributed by atoms with van der Waals surface area (Å²) in [5.41, 5.74) is 4.25. The molecular formula is C20H18N6O2. The number of anilines is 1. The van der Waals surface area contributed by atoms with Crippen molar-refractivity contribution in [2.24, 2.45) is 0 Å². The molecule has 0 bridgehead atoms. The van der Waals surface area contributed by atoms with E-state index in [1.54, 1.807) is 35.6 Å². The highest BCUT2D eigenvalue weighted by Gasteiger charge is 2.14. The van der Waals surface area contributed by atoms with E-state index in [9.17, 15) is 4.79 Å². The first-order valence-electron chi connectivity index (χ1n) is 8.72. The first kappa shape index (κ1) is 17.6. The molecule has 140 valence electrons. The smallest absolute Gasteiger partial charge is 0.259 e. The zero-order valence-corrected chi connectivity index (χ0v) is 15.5. The van der Waals surface area contributed by atoms with E-state index in [0.29, 0.717) is 17.4 Å². The van der Waals surface area contributed by atoms with Crippen LogP contribution < -0.4 is 5.32 Å². The molecule has 0 aliphatic rings. The lowest BCUT2D eigenvalue weighted by Crippen LogP contribution is -2.18. The summed E-state index contributed by atoms with van der Waals surface area (Å²) < 4.78 is 6.95. The normalized spacial score (nSPS) is 10.8. The second kappa shape index (κ2) is 7.43. The molecule has 0 spiro atoms. The molecule has 1 N–H and O–H groups in total. The van der Waals surface area contributed by atoms with E-state index in [0.717, 1.165) is 22.4 Å². The van der Waals surface area contributed by atoms with E-state index in [-0.39, 0.29) is 12.5 Å². The van der Waals surface area contributed by atoms with E-state index < -0.39 is 0 Å². The van der Waals surface area contributed by atoms with Crippen molar-refractivity contribution in [3.63, 3.8) is 0 Å². The van der Waals surface area contributed by atoms with Gasteiger partial charge < -0.3 is 14.4 Å². The Morgan fingerprint density at radius 1 is 1.21 bits per heavy atom. The number of amides is 1. The molecule has 8 heteroatoms. The lowest BCUT2D eigenvalue weighted by Gasteiger charge is -2.10. The first-order valence-corrected chi connectivity index (χ1v) is 8.72. The molecule has 0 aliphatic heterocycles. The number of aromatic nitrogens is 5. The van der Waals surface area contributed by atoms with E-state index in [1.165, 1.54) is 0 Å². The lowest BCUT2D eigenvalue weighted by atomic mass is 10.1. The second-order valence-corrected chi connectivity index (χ2v) is 6.39. The van der Waals surface area contributed by atoms with Gasteiger partial charge in [-0.25, -0.2) is 4.98 Å².